The average Bonchev–Trinajstić information content (AvgIpc) is 2.98. The largest absolute Gasteiger partial charge is 0.228 e. The number of hydrogen-bond acceptors (Lipinski definition) is 2. The van der Waals surface area contributed by atoms with Gasteiger partial charge in [0.25, 0.3) is 0 Å². The van der Waals surface area contributed by atoms with Crippen LogP contribution in [0.25, 0.3) is 16.3 Å². The van der Waals surface area contributed by atoms with Crippen LogP contribution in [0.1, 0.15) is 70.3 Å². The summed E-state index contributed by atoms with van der Waals surface area (Å²) in [6.45, 7) is 2.25. The number of benzene rings is 2. The normalized spacial score (nSPS) is 16.3. The predicted octanol–water partition coefficient (Wildman–Crippen LogP) is 6.55. The molecule has 0 fully saturated rings. The van der Waals surface area contributed by atoms with Crippen LogP contribution in [0.15, 0.2) is 48.0 Å². The van der Waals surface area contributed by atoms with E-state index in [1.54, 1.807) is 0 Å². The minimum absolute atomic E-state index is 0.202. The second kappa shape index (κ2) is 9.54. The average molecular weight is 385 g/mol. The Kier molecular flexibility index (Phi) is 7.12. The molecule has 2 aromatic rings. The molecule has 0 unspecified atom stereocenters. The minimum Gasteiger partial charge on any atom is -0.228 e. The minimum atomic E-state index is -2.99. The van der Waals surface area contributed by atoms with E-state index in [1.807, 2.05) is 18.2 Å². The summed E-state index contributed by atoms with van der Waals surface area (Å²) in [5.74, 6) is 0.454. The first-order chi connectivity index (χ1) is 13.1. The van der Waals surface area contributed by atoms with Gasteiger partial charge in [-0.2, -0.15) is 0 Å². The molecule has 2 nitrogen and oxygen atoms in total. The molecule has 27 heavy (non-hydrogen) atoms. The van der Waals surface area contributed by atoms with Gasteiger partial charge in [0.2, 0.25) is 0 Å². The molecule has 0 amide bonds. The summed E-state index contributed by atoms with van der Waals surface area (Å²) in [4.78, 5) is 0. The van der Waals surface area contributed by atoms with Crippen molar-refractivity contribution in [1.29, 1.82) is 0 Å². The van der Waals surface area contributed by atoms with Crippen LogP contribution in [-0.4, -0.2) is 19.9 Å². The van der Waals surface area contributed by atoms with Gasteiger partial charge in [-0.1, -0.05) is 99.9 Å². The summed E-state index contributed by atoms with van der Waals surface area (Å²) in [5.41, 5.74) is 3.33. The second-order valence-electron chi connectivity index (χ2n) is 7.87. The maximum absolute atomic E-state index is 12.4. The second-order valence-corrected chi connectivity index (χ2v) is 9.93. The molecule has 0 aliphatic carbocycles. The summed E-state index contributed by atoms with van der Waals surface area (Å²) < 4.78 is 24.7. The Morgan fingerprint density at radius 2 is 1.44 bits per heavy atom. The Labute approximate surface area is 164 Å². The number of sulfone groups is 1. The van der Waals surface area contributed by atoms with Crippen LogP contribution in [0.4, 0.5) is 0 Å². The molecule has 0 spiro atoms. The van der Waals surface area contributed by atoms with Gasteiger partial charge in [-0.15, -0.1) is 0 Å². The van der Waals surface area contributed by atoms with Crippen molar-refractivity contribution in [2.45, 2.75) is 64.7 Å². The summed E-state index contributed by atoms with van der Waals surface area (Å²) >= 11 is 0. The van der Waals surface area contributed by atoms with E-state index in [0.29, 0.717) is 0 Å². The van der Waals surface area contributed by atoms with Gasteiger partial charge in [0.1, 0.15) is 0 Å². The van der Waals surface area contributed by atoms with Gasteiger partial charge in [0.15, 0.2) is 9.84 Å². The molecule has 0 bridgehead atoms. The first-order valence-electron chi connectivity index (χ1n) is 10.5. The first-order valence-corrected chi connectivity index (χ1v) is 12.3. The lowest BCUT2D eigenvalue weighted by Crippen LogP contribution is -2.03. The maximum atomic E-state index is 12.4. The zero-order valence-electron chi connectivity index (χ0n) is 16.5. The third-order valence-corrected chi connectivity index (χ3v) is 7.15. The van der Waals surface area contributed by atoms with Gasteiger partial charge in [-0.25, -0.2) is 8.42 Å². The molecule has 0 N–H and O–H groups in total. The molecule has 0 radical (unpaired) electrons. The topological polar surface area (TPSA) is 34.1 Å². The maximum Gasteiger partial charge on any atom is 0.158 e. The van der Waals surface area contributed by atoms with Crippen LogP contribution in [-0.2, 0) is 9.84 Å². The van der Waals surface area contributed by atoms with Gasteiger partial charge in [-0.3, -0.25) is 0 Å². The molecule has 0 aromatic heterocycles. The van der Waals surface area contributed by atoms with E-state index in [2.05, 4.69) is 31.2 Å². The Hall–Kier alpha value is -1.61. The molecular formula is C24H32O2S. The van der Waals surface area contributed by atoms with Crippen molar-refractivity contribution in [3.05, 3.63) is 53.6 Å². The van der Waals surface area contributed by atoms with Gasteiger partial charge in [-0.05, 0) is 34.8 Å². The van der Waals surface area contributed by atoms with Crippen molar-refractivity contribution in [2.75, 3.05) is 11.5 Å². The molecular weight excluding hydrogens is 352 g/mol. The van der Waals surface area contributed by atoms with Crippen molar-refractivity contribution in [2.24, 2.45) is 0 Å². The zero-order chi connectivity index (χ0) is 19.1. The molecule has 0 atom stereocenters. The third kappa shape index (κ3) is 5.44. The lowest BCUT2D eigenvalue weighted by atomic mass is 9.94. The molecule has 0 saturated carbocycles. The first kappa shape index (κ1) is 20.1. The van der Waals surface area contributed by atoms with Gasteiger partial charge >= 0.3 is 0 Å². The molecule has 146 valence electrons. The highest BCUT2D eigenvalue weighted by Crippen LogP contribution is 2.35. The van der Waals surface area contributed by atoms with Gasteiger partial charge in [0.05, 0.1) is 11.5 Å². The monoisotopic (exact) mass is 384 g/mol. The number of hydrogen-bond donors (Lipinski definition) is 0. The highest BCUT2D eigenvalue weighted by Gasteiger charge is 2.28. The molecule has 0 saturated heterocycles. The highest BCUT2D eigenvalue weighted by atomic mass is 32.2. The van der Waals surface area contributed by atoms with E-state index in [-0.39, 0.29) is 11.5 Å². The summed E-state index contributed by atoms with van der Waals surface area (Å²) in [5, 5.41) is 2.35. The van der Waals surface area contributed by atoms with Gasteiger partial charge in [0, 0.05) is 0 Å². The number of fused-ring (bicyclic) bond motifs is 1. The van der Waals surface area contributed by atoms with Crippen molar-refractivity contribution in [3.63, 3.8) is 0 Å². The summed E-state index contributed by atoms with van der Waals surface area (Å²) in [6, 6.07) is 14.5. The van der Waals surface area contributed by atoms with E-state index < -0.39 is 9.84 Å². The summed E-state index contributed by atoms with van der Waals surface area (Å²) in [7, 11) is -2.99. The molecule has 1 heterocycles. The van der Waals surface area contributed by atoms with E-state index in [4.69, 9.17) is 0 Å². The van der Waals surface area contributed by atoms with E-state index in [1.165, 1.54) is 55.7 Å². The van der Waals surface area contributed by atoms with Crippen molar-refractivity contribution in [3.8, 4) is 0 Å². The van der Waals surface area contributed by atoms with Crippen molar-refractivity contribution >= 4 is 26.2 Å². The smallest absolute Gasteiger partial charge is 0.158 e. The predicted molar refractivity (Wildman–Crippen MR) is 117 cm³/mol. The third-order valence-electron chi connectivity index (χ3n) is 5.63. The zero-order valence-corrected chi connectivity index (χ0v) is 17.4. The number of rotatable bonds is 10. The molecule has 3 heteroatoms. The molecule has 3 rings (SSSR count). The summed E-state index contributed by atoms with van der Waals surface area (Å²) in [6.07, 6.45) is 11.1. The fourth-order valence-electron chi connectivity index (χ4n) is 4.18. The van der Waals surface area contributed by atoms with Crippen LogP contribution < -0.4 is 0 Å². The van der Waals surface area contributed by atoms with Crippen LogP contribution >= 0.6 is 0 Å². The van der Waals surface area contributed by atoms with E-state index >= 15 is 0 Å². The number of unbranched alkanes of at least 4 members (excludes halogenated alkanes) is 7. The lowest BCUT2D eigenvalue weighted by Gasteiger charge is -2.10. The van der Waals surface area contributed by atoms with Crippen molar-refractivity contribution in [1.82, 2.24) is 0 Å². The van der Waals surface area contributed by atoms with Crippen LogP contribution in [0, 0.1) is 0 Å². The standard InChI is InChI=1S/C24H32O2S/c1-2-3-4-5-6-7-8-9-14-21-18-27(25,26)19-24(21)23-17-12-15-20-13-10-11-16-22(20)23/h10-13,15-17H,2-9,14,18-19H2,1H3. The molecule has 2 aromatic carbocycles. The fourth-order valence-corrected chi connectivity index (χ4v) is 5.93. The Balaban J connectivity index is 1.67. The van der Waals surface area contributed by atoms with Crippen LogP contribution in [0.2, 0.25) is 0 Å². The van der Waals surface area contributed by atoms with Crippen LogP contribution in [0.5, 0.6) is 0 Å². The fraction of sp³-hybridized carbons (Fsp3) is 0.500. The molecule has 1 aliphatic rings. The lowest BCUT2D eigenvalue weighted by molar-refractivity contribution is 0.574. The quantitative estimate of drug-likeness (QED) is 0.435. The Morgan fingerprint density at radius 1 is 0.778 bits per heavy atom. The Bertz CT molecular complexity index is 888. The van der Waals surface area contributed by atoms with E-state index in [9.17, 15) is 8.42 Å². The van der Waals surface area contributed by atoms with Crippen LogP contribution in [0.3, 0.4) is 0 Å². The molecule has 1 aliphatic heterocycles. The van der Waals surface area contributed by atoms with Crippen molar-refractivity contribution < 1.29 is 8.42 Å². The van der Waals surface area contributed by atoms with Gasteiger partial charge < -0.3 is 0 Å². The Morgan fingerprint density at radius 3 is 2.22 bits per heavy atom. The SMILES string of the molecule is CCCCCCCCCCC1=C(c2cccc3ccccc23)CS(=O)(=O)C1. The highest BCUT2D eigenvalue weighted by molar-refractivity contribution is 7.92. The van der Waals surface area contributed by atoms with E-state index in [0.717, 1.165) is 29.6 Å².